The van der Waals surface area contributed by atoms with Crippen LogP contribution in [0.15, 0.2) is 30.7 Å². The summed E-state index contributed by atoms with van der Waals surface area (Å²) in [4.78, 5) is 2.35. The topological polar surface area (TPSA) is 59.1 Å². The summed E-state index contributed by atoms with van der Waals surface area (Å²) in [6.07, 6.45) is 10.4. The van der Waals surface area contributed by atoms with Gasteiger partial charge in [0, 0.05) is 30.3 Å². The van der Waals surface area contributed by atoms with Crippen LogP contribution < -0.4 is 4.90 Å². The van der Waals surface area contributed by atoms with Crippen molar-refractivity contribution in [1.82, 2.24) is 19.6 Å². The fourth-order valence-electron chi connectivity index (χ4n) is 5.14. The van der Waals surface area contributed by atoms with Gasteiger partial charge in [-0.1, -0.05) is 11.6 Å². The van der Waals surface area contributed by atoms with Gasteiger partial charge in [-0.05, 0) is 44.7 Å². The van der Waals surface area contributed by atoms with E-state index in [9.17, 15) is 5.11 Å². The summed E-state index contributed by atoms with van der Waals surface area (Å²) < 4.78 is 4.00. The maximum Gasteiger partial charge on any atom is 0.103 e. The molecule has 0 spiro atoms. The van der Waals surface area contributed by atoms with Crippen LogP contribution in [0, 0.1) is 11.8 Å². The van der Waals surface area contributed by atoms with Gasteiger partial charge in [0.2, 0.25) is 0 Å². The SMILES string of the molecule is CC1(O)C2CCC1CN(c1cc3c(cnn3-c3cnn(C4CC4)c3)cc1Cl)C2. The van der Waals surface area contributed by atoms with E-state index < -0.39 is 5.60 Å². The van der Waals surface area contributed by atoms with Crippen LogP contribution in [0.25, 0.3) is 16.6 Å². The molecule has 7 heteroatoms. The quantitative estimate of drug-likeness (QED) is 0.730. The lowest BCUT2D eigenvalue weighted by Gasteiger charge is -2.43. The third-order valence-electron chi connectivity index (χ3n) is 7.13. The predicted octanol–water partition coefficient (Wildman–Crippen LogP) is 3.81. The molecule has 3 heterocycles. The Morgan fingerprint density at radius 2 is 1.82 bits per heavy atom. The number of halogens is 1. The molecule has 2 atom stereocenters. The van der Waals surface area contributed by atoms with E-state index in [1.807, 2.05) is 34.7 Å². The Labute approximate surface area is 168 Å². The fourth-order valence-corrected chi connectivity index (χ4v) is 5.43. The average molecular weight is 398 g/mol. The molecular formula is C21H24ClN5O. The van der Waals surface area contributed by atoms with Crippen LogP contribution in [0.2, 0.25) is 5.02 Å². The van der Waals surface area contributed by atoms with Crippen LogP contribution in [0.5, 0.6) is 0 Å². The molecular weight excluding hydrogens is 374 g/mol. The molecule has 2 bridgehead atoms. The van der Waals surface area contributed by atoms with E-state index >= 15 is 0 Å². The van der Waals surface area contributed by atoms with Crippen LogP contribution in [0.4, 0.5) is 5.69 Å². The molecule has 2 aliphatic carbocycles. The Bertz CT molecular complexity index is 1050. The maximum atomic E-state index is 10.8. The third kappa shape index (κ3) is 2.44. The summed E-state index contributed by atoms with van der Waals surface area (Å²) in [5, 5.41) is 21.7. The number of rotatable bonds is 3. The zero-order valence-corrected chi connectivity index (χ0v) is 16.7. The van der Waals surface area contributed by atoms with Crippen LogP contribution in [0.3, 0.4) is 0 Å². The van der Waals surface area contributed by atoms with Gasteiger partial charge in [-0.2, -0.15) is 10.2 Å². The number of aromatic nitrogens is 4. The summed E-state index contributed by atoms with van der Waals surface area (Å²) >= 11 is 6.68. The highest BCUT2D eigenvalue weighted by atomic mass is 35.5. The zero-order valence-electron chi connectivity index (χ0n) is 15.9. The lowest BCUT2D eigenvalue weighted by molar-refractivity contribution is -0.0271. The smallest absolute Gasteiger partial charge is 0.103 e. The molecule has 6 rings (SSSR count). The summed E-state index contributed by atoms with van der Waals surface area (Å²) in [5.41, 5.74) is 2.51. The second-order valence-corrected chi connectivity index (χ2v) is 9.34. The van der Waals surface area contributed by atoms with Crippen molar-refractivity contribution in [2.75, 3.05) is 18.0 Å². The van der Waals surface area contributed by atoms with Gasteiger partial charge >= 0.3 is 0 Å². The van der Waals surface area contributed by atoms with E-state index in [-0.39, 0.29) is 0 Å². The molecule has 1 N–H and O–H groups in total. The molecule has 2 saturated carbocycles. The van der Waals surface area contributed by atoms with E-state index in [1.54, 1.807) is 0 Å². The number of benzene rings is 1. The Hall–Kier alpha value is -2.05. The standard InChI is InChI=1S/C21H24ClN5O/c1-21(28)14-2-3-15(21)11-25(10-14)20-7-19-13(6-18(20)22)8-24-27(19)17-9-23-26(12-17)16-4-5-16/h6-9,12,14-16,28H,2-5,10-11H2,1H3. The first kappa shape index (κ1) is 16.9. The first-order valence-corrected chi connectivity index (χ1v) is 10.6. The van der Waals surface area contributed by atoms with Crippen LogP contribution in [-0.4, -0.2) is 43.4 Å². The molecule has 2 unspecified atom stereocenters. The number of hydrogen-bond donors (Lipinski definition) is 1. The van der Waals surface area contributed by atoms with Crippen LogP contribution in [0.1, 0.15) is 38.6 Å². The second-order valence-electron chi connectivity index (χ2n) is 8.93. The number of piperidine rings is 1. The number of fused-ring (bicyclic) bond motifs is 3. The highest BCUT2D eigenvalue weighted by Crippen LogP contribution is 2.47. The summed E-state index contributed by atoms with van der Waals surface area (Å²) in [6, 6.07) is 4.71. The monoisotopic (exact) mass is 397 g/mol. The van der Waals surface area contributed by atoms with Gasteiger partial charge in [0.25, 0.3) is 0 Å². The first-order chi connectivity index (χ1) is 13.5. The highest BCUT2D eigenvalue weighted by molar-refractivity contribution is 6.34. The largest absolute Gasteiger partial charge is 0.389 e. The Morgan fingerprint density at radius 1 is 1.07 bits per heavy atom. The van der Waals surface area contributed by atoms with Crippen molar-refractivity contribution in [3.05, 3.63) is 35.7 Å². The third-order valence-corrected chi connectivity index (χ3v) is 7.43. The molecule has 1 aromatic carbocycles. The lowest BCUT2D eigenvalue weighted by atomic mass is 9.82. The van der Waals surface area contributed by atoms with Crippen LogP contribution in [-0.2, 0) is 0 Å². The average Bonchev–Trinajstić information content (AvgIpc) is 3.25. The van der Waals surface area contributed by atoms with Crippen molar-refractivity contribution in [2.45, 2.75) is 44.2 Å². The van der Waals surface area contributed by atoms with Crippen molar-refractivity contribution >= 4 is 28.2 Å². The number of anilines is 1. The molecule has 3 aliphatic rings. The predicted molar refractivity (Wildman–Crippen MR) is 109 cm³/mol. The minimum atomic E-state index is -0.549. The molecule has 2 aromatic heterocycles. The molecule has 1 saturated heterocycles. The van der Waals surface area contributed by atoms with Gasteiger partial charge in [0.15, 0.2) is 0 Å². The second kappa shape index (κ2) is 5.74. The van der Waals surface area contributed by atoms with Gasteiger partial charge < -0.3 is 10.0 Å². The van der Waals surface area contributed by atoms with Crippen molar-refractivity contribution in [3.63, 3.8) is 0 Å². The lowest BCUT2D eigenvalue weighted by Crippen LogP contribution is -2.52. The van der Waals surface area contributed by atoms with Crippen molar-refractivity contribution in [1.29, 1.82) is 0 Å². The maximum absolute atomic E-state index is 10.8. The molecule has 3 aromatic rings. The van der Waals surface area contributed by atoms with Gasteiger partial charge in [-0.25, -0.2) is 4.68 Å². The number of nitrogens with zero attached hydrogens (tertiary/aromatic N) is 5. The molecule has 0 amide bonds. The van der Waals surface area contributed by atoms with E-state index in [4.69, 9.17) is 11.6 Å². The number of hydrogen-bond acceptors (Lipinski definition) is 4. The Balaban J connectivity index is 1.39. The molecule has 28 heavy (non-hydrogen) atoms. The first-order valence-electron chi connectivity index (χ1n) is 10.2. The van der Waals surface area contributed by atoms with Gasteiger partial charge in [-0.3, -0.25) is 4.68 Å². The van der Waals surface area contributed by atoms with E-state index in [0.29, 0.717) is 17.9 Å². The molecule has 146 valence electrons. The van der Waals surface area contributed by atoms with E-state index in [1.165, 1.54) is 12.8 Å². The minimum Gasteiger partial charge on any atom is -0.389 e. The normalized spacial score (nSPS) is 29.8. The summed E-state index contributed by atoms with van der Waals surface area (Å²) in [5.74, 6) is 0.611. The zero-order chi connectivity index (χ0) is 19.0. The Morgan fingerprint density at radius 3 is 2.54 bits per heavy atom. The molecule has 0 radical (unpaired) electrons. The van der Waals surface area contributed by atoms with E-state index in [0.717, 1.165) is 53.2 Å². The van der Waals surface area contributed by atoms with Crippen molar-refractivity contribution in [2.24, 2.45) is 11.8 Å². The minimum absolute atomic E-state index is 0.305. The molecule has 3 fully saturated rings. The van der Waals surface area contributed by atoms with Crippen molar-refractivity contribution in [3.8, 4) is 5.69 Å². The fraction of sp³-hybridized carbons (Fsp3) is 0.524. The highest BCUT2D eigenvalue weighted by Gasteiger charge is 2.50. The molecule has 1 aliphatic heterocycles. The van der Waals surface area contributed by atoms with Crippen LogP contribution >= 0.6 is 11.6 Å². The summed E-state index contributed by atoms with van der Waals surface area (Å²) in [7, 11) is 0. The summed E-state index contributed by atoms with van der Waals surface area (Å²) in [6.45, 7) is 3.70. The van der Waals surface area contributed by atoms with Gasteiger partial charge in [0.1, 0.15) is 5.69 Å². The van der Waals surface area contributed by atoms with E-state index in [2.05, 4.69) is 27.4 Å². The Kier molecular flexibility index (Phi) is 3.45. The van der Waals surface area contributed by atoms with Gasteiger partial charge in [0.05, 0.1) is 46.5 Å². The van der Waals surface area contributed by atoms with Gasteiger partial charge in [-0.15, -0.1) is 0 Å². The van der Waals surface area contributed by atoms with Crippen molar-refractivity contribution < 1.29 is 5.11 Å². The molecule has 6 nitrogen and oxygen atoms in total. The number of aliphatic hydroxyl groups is 1.